The van der Waals surface area contributed by atoms with Gasteiger partial charge >= 0.3 is 5.97 Å². The molecule has 0 bridgehead atoms. The van der Waals surface area contributed by atoms with E-state index in [4.69, 9.17) is 10.00 Å². The van der Waals surface area contributed by atoms with Crippen LogP contribution < -0.4 is 0 Å². The van der Waals surface area contributed by atoms with Crippen molar-refractivity contribution in [2.75, 3.05) is 6.61 Å². The predicted octanol–water partition coefficient (Wildman–Crippen LogP) is 3.07. The lowest BCUT2D eigenvalue weighted by atomic mass is 9.97. The van der Waals surface area contributed by atoms with Crippen molar-refractivity contribution in [2.45, 2.75) is 12.8 Å². The van der Waals surface area contributed by atoms with Crippen molar-refractivity contribution >= 4 is 27.4 Å². The van der Waals surface area contributed by atoms with E-state index in [0.29, 0.717) is 0 Å². The van der Waals surface area contributed by atoms with E-state index in [9.17, 15) is 4.79 Å². The number of fused-ring (bicyclic) bond motifs is 1. The van der Waals surface area contributed by atoms with Gasteiger partial charge in [0, 0.05) is 4.70 Å². The Morgan fingerprint density at radius 3 is 3.06 bits per heavy atom. The Kier molecular flexibility index (Phi) is 3.40. The van der Waals surface area contributed by atoms with Crippen LogP contribution in [0.15, 0.2) is 29.6 Å². The van der Waals surface area contributed by atoms with E-state index >= 15 is 0 Å². The predicted molar refractivity (Wildman–Crippen MR) is 66.8 cm³/mol. The van der Waals surface area contributed by atoms with Gasteiger partial charge < -0.3 is 4.74 Å². The Labute approximate surface area is 103 Å². The second-order valence-electron chi connectivity index (χ2n) is 3.49. The number of rotatable bonds is 3. The number of ether oxygens (including phenoxy) is 1. The molecule has 0 N–H and O–H groups in total. The van der Waals surface area contributed by atoms with Gasteiger partial charge in [-0.15, -0.1) is 11.3 Å². The van der Waals surface area contributed by atoms with Gasteiger partial charge in [0.15, 0.2) is 5.92 Å². The number of carbonyl (C=O) groups excluding carboxylic acids is 1. The van der Waals surface area contributed by atoms with Gasteiger partial charge in [-0.1, -0.05) is 12.1 Å². The van der Waals surface area contributed by atoms with Crippen molar-refractivity contribution in [3.8, 4) is 6.07 Å². The summed E-state index contributed by atoms with van der Waals surface area (Å²) in [7, 11) is 0. The first kappa shape index (κ1) is 11.6. The Morgan fingerprint density at radius 2 is 2.35 bits per heavy atom. The first-order valence-electron chi connectivity index (χ1n) is 5.30. The fourth-order valence-corrected chi connectivity index (χ4v) is 2.56. The molecule has 1 heterocycles. The average molecular weight is 245 g/mol. The van der Waals surface area contributed by atoms with Crippen LogP contribution >= 0.6 is 11.3 Å². The molecule has 2 rings (SSSR count). The van der Waals surface area contributed by atoms with Crippen molar-refractivity contribution in [3.05, 3.63) is 35.2 Å². The Morgan fingerprint density at radius 1 is 1.53 bits per heavy atom. The molecule has 1 unspecified atom stereocenters. The van der Waals surface area contributed by atoms with Crippen LogP contribution in [0, 0.1) is 11.3 Å². The number of benzene rings is 1. The van der Waals surface area contributed by atoms with Crippen LogP contribution in [-0.2, 0) is 9.53 Å². The maximum absolute atomic E-state index is 11.7. The van der Waals surface area contributed by atoms with Gasteiger partial charge in [0.05, 0.1) is 12.7 Å². The third-order valence-corrected chi connectivity index (χ3v) is 3.37. The zero-order valence-electron chi connectivity index (χ0n) is 9.34. The maximum Gasteiger partial charge on any atom is 0.327 e. The number of thiophene rings is 1. The van der Waals surface area contributed by atoms with Gasteiger partial charge in [-0.05, 0) is 35.4 Å². The van der Waals surface area contributed by atoms with E-state index in [-0.39, 0.29) is 6.61 Å². The number of carbonyl (C=O) groups is 1. The molecule has 17 heavy (non-hydrogen) atoms. The van der Waals surface area contributed by atoms with Crippen LogP contribution in [0.1, 0.15) is 18.4 Å². The zero-order valence-corrected chi connectivity index (χ0v) is 10.2. The van der Waals surface area contributed by atoms with Crippen molar-refractivity contribution in [1.82, 2.24) is 0 Å². The molecule has 1 atom stereocenters. The average Bonchev–Trinajstić information content (AvgIpc) is 2.79. The normalized spacial score (nSPS) is 12.0. The standard InChI is InChI=1S/C13H11NO2S/c1-2-16-13(15)11(8-14)9-4-3-5-12-10(9)6-7-17-12/h3-7,11H,2H2,1H3. The van der Waals surface area contributed by atoms with Gasteiger partial charge in [-0.3, -0.25) is 4.79 Å². The number of nitrogens with zero attached hydrogens (tertiary/aromatic N) is 1. The minimum Gasteiger partial charge on any atom is -0.465 e. The highest BCUT2D eigenvalue weighted by Gasteiger charge is 2.23. The lowest BCUT2D eigenvalue weighted by Crippen LogP contribution is -2.14. The number of hydrogen-bond acceptors (Lipinski definition) is 4. The summed E-state index contributed by atoms with van der Waals surface area (Å²) in [5.41, 5.74) is 0.727. The quantitative estimate of drug-likeness (QED) is 0.781. The van der Waals surface area contributed by atoms with Crippen molar-refractivity contribution in [2.24, 2.45) is 0 Å². The molecule has 1 aromatic heterocycles. The maximum atomic E-state index is 11.7. The highest BCUT2D eigenvalue weighted by Crippen LogP contribution is 2.29. The molecule has 3 nitrogen and oxygen atoms in total. The molecule has 0 aliphatic rings. The molecule has 0 amide bonds. The minimum atomic E-state index is -0.840. The molecular formula is C13H11NO2S. The highest BCUT2D eigenvalue weighted by molar-refractivity contribution is 7.17. The molecule has 0 saturated carbocycles. The smallest absolute Gasteiger partial charge is 0.327 e. The Balaban J connectivity index is 2.47. The van der Waals surface area contributed by atoms with Crippen LogP contribution in [-0.4, -0.2) is 12.6 Å². The zero-order chi connectivity index (χ0) is 12.3. The summed E-state index contributed by atoms with van der Waals surface area (Å²) in [6.07, 6.45) is 0. The largest absolute Gasteiger partial charge is 0.465 e. The lowest BCUT2D eigenvalue weighted by Gasteiger charge is -2.09. The van der Waals surface area contributed by atoms with Gasteiger partial charge in [0.2, 0.25) is 0 Å². The molecule has 4 heteroatoms. The van der Waals surface area contributed by atoms with Gasteiger partial charge in [-0.25, -0.2) is 0 Å². The lowest BCUT2D eigenvalue weighted by molar-refractivity contribution is -0.143. The van der Waals surface area contributed by atoms with Crippen LogP contribution in [0.25, 0.3) is 10.1 Å². The van der Waals surface area contributed by atoms with E-state index in [1.54, 1.807) is 24.3 Å². The SMILES string of the molecule is CCOC(=O)C(C#N)c1cccc2sccc12. The first-order valence-corrected chi connectivity index (χ1v) is 6.18. The molecular weight excluding hydrogens is 234 g/mol. The monoisotopic (exact) mass is 245 g/mol. The summed E-state index contributed by atoms with van der Waals surface area (Å²) >= 11 is 1.59. The van der Waals surface area contributed by atoms with Crippen molar-refractivity contribution in [1.29, 1.82) is 5.26 Å². The summed E-state index contributed by atoms with van der Waals surface area (Å²) in [4.78, 5) is 11.7. The summed E-state index contributed by atoms with van der Waals surface area (Å²) in [6.45, 7) is 2.02. The second-order valence-corrected chi connectivity index (χ2v) is 4.44. The topological polar surface area (TPSA) is 50.1 Å². The number of nitriles is 1. The van der Waals surface area contributed by atoms with Gasteiger partial charge in [-0.2, -0.15) is 5.26 Å². The van der Waals surface area contributed by atoms with Crippen molar-refractivity contribution < 1.29 is 9.53 Å². The Bertz CT molecular complexity index is 582. The molecule has 2 aromatic rings. The van der Waals surface area contributed by atoms with E-state index in [1.165, 1.54) is 0 Å². The van der Waals surface area contributed by atoms with Gasteiger partial charge in [0.1, 0.15) is 0 Å². The third kappa shape index (κ3) is 2.15. The molecule has 0 radical (unpaired) electrons. The summed E-state index contributed by atoms with van der Waals surface area (Å²) in [5, 5.41) is 12.0. The number of esters is 1. The van der Waals surface area contributed by atoms with E-state index < -0.39 is 11.9 Å². The van der Waals surface area contributed by atoms with E-state index in [2.05, 4.69) is 0 Å². The summed E-state index contributed by atoms with van der Waals surface area (Å²) in [5.74, 6) is -1.32. The molecule has 0 aliphatic heterocycles. The van der Waals surface area contributed by atoms with Crippen LogP contribution in [0.5, 0.6) is 0 Å². The summed E-state index contributed by atoms with van der Waals surface area (Å²) in [6, 6.07) is 9.58. The minimum absolute atomic E-state index is 0.288. The first-order chi connectivity index (χ1) is 8.27. The third-order valence-electron chi connectivity index (χ3n) is 2.49. The highest BCUT2D eigenvalue weighted by atomic mass is 32.1. The number of hydrogen-bond donors (Lipinski definition) is 0. The van der Waals surface area contributed by atoms with Crippen LogP contribution in [0.4, 0.5) is 0 Å². The fourth-order valence-electron chi connectivity index (χ4n) is 1.74. The van der Waals surface area contributed by atoms with Crippen LogP contribution in [0.2, 0.25) is 0 Å². The molecule has 0 fully saturated rings. The molecule has 0 aliphatic carbocycles. The van der Waals surface area contributed by atoms with Gasteiger partial charge in [0.25, 0.3) is 0 Å². The fraction of sp³-hybridized carbons (Fsp3) is 0.231. The Hall–Kier alpha value is -1.86. The van der Waals surface area contributed by atoms with E-state index in [1.807, 2.05) is 29.6 Å². The van der Waals surface area contributed by atoms with Crippen molar-refractivity contribution in [3.63, 3.8) is 0 Å². The second kappa shape index (κ2) is 4.98. The molecule has 1 aromatic carbocycles. The summed E-state index contributed by atoms with van der Waals surface area (Å²) < 4.78 is 5.99. The van der Waals surface area contributed by atoms with E-state index in [0.717, 1.165) is 15.6 Å². The van der Waals surface area contributed by atoms with Crippen LogP contribution in [0.3, 0.4) is 0 Å². The molecule has 86 valence electrons. The molecule has 0 spiro atoms. The molecule has 0 saturated heterocycles.